The number of hydrogen-bond acceptors (Lipinski definition) is 6. The molecule has 2 N–H and O–H groups in total. The summed E-state index contributed by atoms with van der Waals surface area (Å²) in [5.74, 6) is -0.104. The number of aromatic hydroxyl groups is 1. The molecule has 0 saturated carbocycles. The molecule has 140 valence electrons. The molecule has 0 saturated heterocycles. The number of rotatable bonds is 4. The van der Waals surface area contributed by atoms with E-state index in [1.54, 1.807) is 30.3 Å². The van der Waals surface area contributed by atoms with Crippen molar-refractivity contribution in [1.82, 2.24) is 10.2 Å². The zero-order chi connectivity index (χ0) is 19.7. The van der Waals surface area contributed by atoms with E-state index < -0.39 is 0 Å². The van der Waals surface area contributed by atoms with Crippen molar-refractivity contribution in [2.45, 2.75) is 16.2 Å². The molecule has 0 spiro atoms. The van der Waals surface area contributed by atoms with Crippen LogP contribution in [0.3, 0.4) is 0 Å². The predicted octanol–water partition coefficient (Wildman–Crippen LogP) is 5.76. The highest BCUT2D eigenvalue weighted by Crippen LogP contribution is 2.43. The number of fused-ring (bicyclic) bond motifs is 1. The normalized spacial score (nSPS) is 10.9. The molecule has 0 radical (unpaired) electrons. The number of carbonyl (C=O) groups is 1. The minimum absolute atomic E-state index is 0.151. The quantitative estimate of drug-likeness (QED) is 0.405. The summed E-state index contributed by atoms with van der Waals surface area (Å²) < 4.78 is 0.720. The lowest BCUT2D eigenvalue weighted by Gasteiger charge is -2.13. The van der Waals surface area contributed by atoms with E-state index in [0.717, 1.165) is 14.7 Å². The van der Waals surface area contributed by atoms with Gasteiger partial charge < -0.3 is 10.4 Å². The van der Waals surface area contributed by atoms with Crippen molar-refractivity contribution in [2.75, 3.05) is 5.32 Å². The van der Waals surface area contributed by atoms with Crippen molar-refractivity contribution in [1.29, 1.82) is 0 Å². The number of phenols is 1. The molecule has 0 unspecified atom stereocenters. The first kappa shape index (κ1) is 18.7. The van der Waals surface area contributed by atoms with E-state index in [2.05, 4.69) is 15.5 Å². The van der Waals surface area contributed by atoms with E-state index >= 15 is 0 Å². The maximum atomic E-state index is 12.7. The fraction of sp³-hybridized carbons (Fsp3) is 0.0500. The van der Waals surface area contributed by atoms with Crippen LogP contribution in [0.1, 0.15) is 15.4 Å². The van der Waals surface area contributed by atoms with Gasteiger partial charge in [0.05, 0.1) is 10.6 Å². The molecular weight excluding hydrogens is 414 g/mol. The van der Waals surface area contributed by atoms with Gasteiger partial charge in [-0.3, -0.25) is 4.79 Å². The zero-order valence-electron chi connectivity index (χ0n) is 14.6. The Balaban J connectivity index is 1.75. The van der Waals surface area contributed by atoms with Crippen LogP contribution < -0.4 is 5.32 Å². The summed E-state index contributed by atoms with van der Waals surface area (Å²) in [6, 6.07) is 15.8. The van der Waals surface area contributed by atoms with Gasteiger partial charge in [-0.05, 0) is 37.3 Å². The third kappa shape index (κ3) is 3.82. The molecule has 1 aromatic heterocycles. The lowest BCUT2D eigenvalue weighted by molar-refractivity contribution is 0.102. The fourth-order valence-corrected chi connectivity index (χ4v) is 4.72. The Kier molecular flexibility index (Phi) is 5.21. The molecule has 1 heterocycles. The summed E-state index contributed by atoms with van der Waals surface area (Å²) in [6.07, 6.45) is 0. The topological polar surface area (TPSA) is 75.1 Å². The number of phenolic OH excluding ortho intramolecular Hbond substituents is 1. The molecule has 5 nitrogen and oxygen atoms in total. The van der Waals surface area contributed by atoms with Crippen LogP contribution in [-0.4, -0.2) is 21.2 Å². The lowest BCUT2D eigenvalue weighted by atomic mass is 10.1. The van der Waals surface area contributed by atoms with Gasteiger partial charge in [0, 0.05) is 21.4 Å². The van der Waals surface area contributed by atoms with E-state index in [4.69, 9.17) is 11.6 Å². The maximum Gasteiger partial charge on any atom is 0.255 e. The van der Waals surface area contributed by atoms with Crippen LogP contribution in [-0.2, 0) is 0 Å². The number of aryl methyl sites for hydroxylation is 1. The Hall–Kier alpha value is -2.61. The van der Waals surface area contributed by atoms with Gasteiger partial charge in [-0.25, -0.2) is 0 Å². The second-order valence-electron chi connectivity index (χ2n) is 5.97. The monoisotopic (exact) mass is 427 g/mol. The molecular formula is C20H14ClN3O2S2. The van der Waals surface area contributed by atoms with Gasteiger partial charge in [0.1, 0.15) is 10.8 Å². The smallest absolute Gasteiger partial charge is 0.255 e. The molecule has 0 aliphatic heterocycles. The molecule has 4 aromatic rings. The highest BCUT2D eigenvalue weighted by atomic mass is 35.5. The Morgan fingerprint density at radius 2 is 1.82 bits per heavy atom. The number of carbonyl (C=O) groups excluding carboxylic acids is 1. The Bertz CT molecular complexity index is 1180. The number of amides is 1. The summed E-state index contributed by atoms with van der Waals surface area (Å²) in [5, 5.41) is 24.6. The second kappa shape index (κ2) is 7.79. The Morgan fingerprint density at radius 1 is 1.11 bits per heavy atom. The second-order valence-corrected chi connectivity index (χ2v) is 8.87. The zero-order valence-corrected chi connectivity index (χ0v) is 17.0. The largest absolute Gasteiger partial charge is 0.506 e. The number of nitrogens with zero attached hydrogens (tertiary/aromatic N) is 2. The van der Waals surface area contributed by atoms with Gasteiger partial charge >= 0.3 is 0 Å². The van der Waals surface area contributed by atoms with E-state index in [9.17, 15) is 9.90 Å². The van der Waals surface area contributed by atoms with Gasteiger partial charge in [0.2, 0.25) is 0 Å². The molecule has 0 aliphatic rings. The molecule has 1 amide bonds. The van der Waals surface area contributed by atoms with Gasteiger partial charge in [0.25, 0.3) is 5.91 Å². The van der Waals surface area contributed by atoms with E-state index in [1.165, 1.54) is 23.1 Å². The minimum atomic E-state index is -0.254. The first-order chi connectivity index (χ1) is 13.5. The first-order valence-electron chi connectivity index (χ1n) is 8.31. The van der Waals surface area contributed by atoms with E-state index in [0.29, 0.717) is 26.6 Å². The predicted molar refractivity (Wildman–Crippen MR) is 114 cm³/mol. The summed E-state index contributed by atoms with van der Waals surface area (Å²) in [6.45, 7) is 1.87. The molecule has 0 aliphatic carbocycles. The van der Waals surface area contributed by atoms with Gasteiger partial charge in [-0.15, -0.1) is 10.2 Å². The molecule has 0 atom stereocenters. The number of anilines is 1. The first-order valence-corrected chi connectivity index (χ1v) is 10.3. The molecule has 0 bridgehead atoms. The van der Waals surface area contributed by atoms with Crippen LogP contribution in [0.4, 0.5) is 5.69 Å². The lowest BCUT2D eigenvalue weighted by Crippen LogP contribution is -2.12. The minimum Gasteiger partial charge on any atom is -0.506 e. The Labute approximate surface area is 174 Å². The van der Waals surface area contributed by atoms with Crippen molar-refractivity contribution in [3.05, 3.63) is 70.2 Å². The highest BCUT2D eigenvalue weighted by Gasteiger charge is 2.16. The molecule has 28 heavy (non-hydrogen) atoms. The van der Waals surface area contributed by atoms with Crippen LogP contribution in [0.5, 0.6) is 5.75 Å². The van der Waals surface area contributed by atoms with Crippen LogP contribution >= 0.6 is 34.7 Å². The highest BCUT2D eigenvalue weighted by molar-refractivity contribution is 8.01. The van der Waals surface area contributed by atoms with E-state index in [1.807, 2.05) is 31.2 Å². The van der Waals surface area contributed by atoms with Crippen LogP contribution in [0.15, 0.2) is 63.8 Å². The number of nitrogens with one attached hydrogen (secondary N) is 1. The maximum absolute atomic E-state index is 12.7. The van der Waals surface area contributed by atoms with Crippen LogP contribution in [0.2, 0.25) is 5.02 Å². The third-order valence-electron chi connectivity index (χ3n) is 4.04. The van der Waals surface area contributed by atoms with E-state index in [-0.39, 0.29) is 11.7 Å². The number of hydrogen-bond donors (Lipinski definition) is 2. The number of halogens is 1. The standard InChI is InChI=1S/C20H14ClN3O2S2/c1-11-23-24-20(27-11)28-17-10-16(14-4-2-3-5-15(14)18(17)25)22-19(26)12-6-8-13(21)9-7-12/h2-10,25H,1H3,(H,22,26). The average Bonchev–Trinajstić information content (AvgIpc) is 3.10. The van der Waals surface area contributed by atoms with Crippen molar-refractivity contribution in [2.24, 2.45) is 0 Å². The SMILES string of the molecule is Cc1nnc(Sc2cc(NC(=O)c3ccc(Cl)cc3)c3ccccc3c2O)s1. The summed E-state index contributed by atoms with van der Waals surface area (Å²) in [5.41, 5.74) is 1.10. The fourth-order valence-electron chi connectivity index (χ4n) is 2.73. The summed E-state index contributed by atoms with van der Waals surface area (Å²) >= 11 is 8.66. The molecule has 0 fully saturated rings. The average molecular weight is 428 g/mol. The summed E-state index contributed by atoms with van der Waals surface area (Å²) in [7, 11) is 0. The van der Waals surface area contributed by atoms with Crippen molar-refractivity contribution >= 4 is 57.1 Å². The Morgan fingerprint density at radius 3 is 2.50 bits per heavy atom. The van der Waals surface area contributed by atoms with Crippen molar-refractivity contribution in [3.63, 3.8) is 0 Å². The van der Waals surface area contributed by atoms with Crippen LogP contribution in [0, 0.1) is 6.92 Å². The molecule has 8 heteroatoms. The number of aromatic nitrogens is 2. The van der Waals surface area contributed by atoms with Crippen molar-refractivity contribution < 1.29 is 9.90 Å². The summed E-state index contributed by atoms with van der Waals surface area (Å²) in [4.78, 5) is 13.3. The number of benzene rings is 3. The van der Waals surface area contributed by atoms with Gasteiger partial charge in [0.15, 0.2) is 4.34 Å². The third-order valence-corrected chi connectivity index (χ3v) is 6.21. The molecule has 4 rings (SSSR count). The molecule has 3 aromatic carbocycles. The van der Waals surface area contributed by atoms with Crippen LogP contribution in [0.25, 0.3) is 10.8 Å². The van der Waals surface area contributed by atoms with Crippen molar-refractivity contribution in [3.8, 4) is 5.75 Å². The van der Waals surface area contributed by atoms with Gasteiger partial charge in [-0.2, -0.15) is 0 Å². The van der Waals surface area contributed by atoms with Gasteiger partial charge in [-0.1, -0.05) is 59.0 Å².